The van der Waals surface area contributed by atoms with Crippen molar-refractivity contribution >= 4 is 0 Å². The molecule has 1 saturated heterocycles. The Bertz CT molecular complexity index is 315. The maximum Gasteiger partial charge on any atom is 0.141 e. The summed E-state index contributed by atoms with van der Waals surface area (Å²) in [5.41, 5.74) is 0.790. The van der Waals surface area contributed by atoms with Crippen molar-refractivity contribution in [2.24, 2.45) is 0 Å². The molecule has 0 amide bonds. The highest BCUT2D eigenvalue weighted by Gasteiger charge is 2.22. The number of halogens is 1. The fourth-order valence-corrected chi connectivity index (χ4v) is 1.76. The topological polar surface area (TPSA) is 34.1 Å². The van der Waals surface area contributed by atoms with E-state index in [1.807, 2.05) is 0 Å². The minimum Gasteiger partial charge on any atom is -0.370 e. The molecule has 82 valence electrons. The maximum absolute atomic E-state index is 12.7. The SMILES string of the molecule is CC1NCCCOC1c1ccc(F)cn1. The Morgan fingerprint density at radius 1 is 1.53 bits per heavy atom. The van der Waals surface area contributed by atoms with Crippen LogP contribution < -0.4 is 5.32 Å². The molecule has 3 nitrogen and oxygen atoms in total. The number of ether oxygens (including phenoxy) is 1. The van der Waals surface area contributed by atoms with Crippen LogP contribution in [0, 0.1) is 5.82 Å². The Balaban J connectivity index is 2.16. The van der Waals surface area contributed by atoms with Crippen molar-refractivity contribution in [2.75, 3.05) is 13.2 Å². The van der Waals surface area contributed by atoms with Crippen molar-refractivity contribution in [3.05, 3.63) is 29.8 Å². The first-order valence-electron chi connectivity index (χ1n) is 5.24. The van der Waals surface area contributed by atoms with Crippen LogP contribution in [0.5, 0.6) is 0 Å². The summed E-state index contributed by atoms with van der Waals surface area (Å²) < 4.78 is 18.4. The quantitative estimate of drug-likeness (QED) is 0.765. The van der Waals surface area contributed by atoms with E-state index in [0.717, 1.165) is 25.3 Å². The molecule has 0 saturated carbocycles. The van der Waals surface area contributed by atoms with Crippen LogP contribution in [-0.4, -0.2) is 24.2 Å². The van der Waals surface area contributed by atoms with Gasteiger partial charge in [-0.05, 0) is 32.0 Å². The molecular formula is C11H15FN2O. The van der Waals surface area contributed by atoms with E-state index < -0.39 is 0 Å². The smallest absolute Gasteiger partial charge is 0.141 e. The first-order chi connectivity index (χ1) is 7.27. The summed E-state index contributed by atoms with van der Waals surface area (Å²) >= 11 is 0. The second kappa shape index (κ2) is 4.68. The number of hydrogen-bond donors (Lipinski definition) is 1. The Labute approximate surface area is 88.7 Å². The van der Waals surface area contributed by atoms with Crippen molar-refractivity contribution < 1.29 is 9.13 Å². The number of nitrogens with zero attached hydrogens (tertiary/aromatic N) is 1. The zero-order chi connectivity index (χ0) is 10.7. The van der Waals surface area contributed by atoms with Gasteiger partial charge in [0.1, 0.15) is 11.9 Å². The molecular weight excluding hydrogens is 195 g/mol. The number of rotatable bonds is 1. The number of hydrogen-bond acceptors (Lipinski definition) is 3. The molecule has 0 radical (unpaired) electrons. The third kappa shape index (κ3) is 2.52. The van der Waals surface area contributed by atoms with Gasteiger partial charge in [-0.2, -0.15) is 0 Å². The van der Waals surface area contributed by atoms with Gasteiger partial charge in [-0.3, -0.25) is 4.98 Å². The second-order valence-corrected chi connectivity index (χ2v) is 3.79. The molecule has 1 aliphatic rings. The van der Waals surface area contributed by atoms with Gasteiger partial charge >= 0.3 is 0 Å². The summed E-state index contributed by atoms with van der Waals surface area (Å²) in [5.74, 6) is -0.312. The molecule has 4 heteroatoms. The minimum atomic E-state index is -0.312. The van der Waals surface area contributed by atoms with E-state index in [4.69, 9.17) is 4.74 Å². The van der Waals surface area contributed by atoms with E-state index in [1.165, 1.54) is 12.3 Å². The lowest BCUT2D eigenvalue weighted by Crippen LogP contribution is -2.31. The summed E-state index contributed by atoms with van der Waals surface area (Å²) in [6, 6.07) is 3.32. The van der Waals surface area contributed by atoms with Crippen molar-refractivity contribution in [3.8, 4) is 0 Å². The lowest BCUT2D eigenvalue weighted by Gasteiger charge is -2.21. The monoisotopic (exact) mass is 210 g/mol. The highest BCUT2D eigenvalue weighted by atomic mass is 19.1. The molecule has 1 aromatic heterocycles. The van der Waals surface area contributed by atoms with Gasteiger partial charge in [-0.15, -0.1) is 0 Å². The first-order valence-corrected chi connectivity index (χ1v) is 5.24. The third-order valence-electron chi connectivity index (χ3n) is 2.58. The molecule has 15 heavy (non-hydrogen) atoms. The molecule has 0 spiro atoms. The average molecular weight is 210 g/mol. The van der Waals surface area contributed by atoms with Crippen molar-refractivity contribution in [2.45, 2.75) is 25.5 Å². The molecule has 2 rings (SSSR count). The molecule has 1 fully saturated rings. The lowest BCUT2D eigenvalue weighted by molar-refractivity contribution is 0.0431. The van der Waals surface area contributed by atoms with E-state index in [9.17, 15) is 4.39 Å². The summed E-state index contributed by atoms with van der Waals surface area (Å²) in [7, 11) is 0. The summed E-state index contributed by atoms with van der Waals surface area (Å²) in [6.45, 7) is 3.74. The van der Waals surface area contributed by atoms with Gasteiger partial charge in [0.25, 0.3) is 0 Å². The van der Waals surface area contributed by atoms with Gasteiger partial charge in [-0.25, -0.2) is 4.39 Å². The molecule has 2 heterocycles. The fraction of sp³-hybridized carbons (Fsp3) is 0.545. The molecule has 0 aliphatic carbocycles. The maximum atomic E-state index is 12.7. The van der Waals surface area contributed by atoms with Gasteiger partial charge in [0.15, 0.2) is 0 Å². The van der Waals surface area contributed by atoms with Crippen molar-refractivity contribution in [1.82, 2.24) is 10.3 Å². The fourth-order valence-electron chi connectivity index (χ4n) is 1.76. The number of pyridine rings is 1. The highest BCUT2D eigenvalue weighted by Crippen LogP contribution is 2.21. The van der Waals surface area contributed by atoms with E-state index in [0.29, 0.717) is 0 Å². The number of aromatic nitrogens is 1. The molecule has 2 unspecified atom stereocenters. The molecule has 2 atom stereocenters. The van der Waals surface area contributed by atoms with Crippen LogP contribution in [0.2, 0.25) is 0 Å². The normalized spacial score (nSPS) is 27.3. The first kappa shape index (κ1) is 10.5. The molecule has 0 bridgehead atoms. The van der Waals surface area contributed by atoms with Gasteiger partial charge < -0.3 is 10.1 Å². The zero-order valence-electron chi connectivity index (χ0n) is 8.74. The third-order valence-corrected chi connectivity index (χ3v) is 2.58. The van der Waals surface area contributed by atoms with Crippen LogP contribution in [0.4, 0.5) is 4.39 Å². The van der Waals surface area contributed by atoms with Crippen LogP contribution in [0.3, 0.4) is 0 Å². The largest absolute Gasteiger partial charge is 0.370 e. The number of nitrogens with one attached hydrogen (secondary N) is 1. The Morgan fingerprint density at radius 3 is 3.13 bits per heavy atom. The summed E-state index contributed by atoms with van der Waals surface area (Å²) in [6.07, 6.45) is 2.16. The molecule has 1 N–H and O–H groups in total. The van der Waals surface area contributed by atoms with Crippen molar-refractivity contribution in [1.29, 1.82) is 0 Å². The Kier molecular flexibility index (Phi) is 3.28. The van der Waals surface area contributed by atoms with Gasteiger partial charge in [-0.1, -0.05) is 0 Å². The van der Waals surface area contributed by atoms with E-state index in [1.54, 1.807) is 6.07 Å². The summed E-state index contributed by atoms with van der Waals surface area (Å²) in [4.78, 5) is 4.05. The van der Waals surface area contributed by atoms with Crippen LogP contribution in [0.25, 0.3) is 0 Å². The van der Waals surface area contributed by atoms with Gasteiger partial charge in [0.2, 0.25) is 0 Å². The predicted molar refractivity (Wildman–Crippen MR) is 55.0 cm³/mol. The van der Waals surface area contributed by atoms with Gasteiger partial charge in [0.05, 0.1) is 11.9 Å². The molecule has 0 aromatic carbocycles. The summed E-state index contributed by atoms with van der Waals surface area (Å²) in [5, 5.41) is 3.35. The molecule has 1 aromatic rings. The minimum absolute atomic E-state index is 0.0758. The van der Waals surface area contributed by atoms with E-state index in [2.05, 4.69) is 17.2 Å². The van der Waals surface area contributed by atoms with Gasteiger partial charge in [0, 0.05) is 12.6 Å². The Morgan fingerprint density at radius 2 is 2.40 bits per heavy atom. The van der Waals surface area contributed by atoms with Crippen LogP contribution >= 0.6 is 0 Å². The lowest BCUT2D eigenvalue weighted by atomic mass is 10.1. The highest BCUT2D eigenvalue weighted by molar-refractivity contribution is 5.10. The van der Waals surface area contributed by atoms with Crippen LogP contribution in [0.15, 0.2) is 18.3 Å². The zero-order valence-corrected chi connectivity index (χ0v) is 8.74. The van der Waals surface area contributed by atoms with Crippen molar-refractivity contribution in [3.63, 3.8) is 0 Å². The van der Waals surface area contributed by atoms with E-state index >= 15 is 0 Å². The standard InChI is InChI=1S/C11H15FN2O/c1-8-11(15-6-2-5-13-8)10-4-3-9(12)7-14-10/h3-4,7-8,11,13H,2,5-6H2,1H3. The van der Waals surface area contributed by atoms with E-state index in [-0.39, 0.29) is 18.0 Å². The van der Waals surface area contributed by atoms with Crippen LogP contribution in [0.1, 0.15) is 25.1 Å². The predicted octanol–water partition coefficient (Wildman–Crippen LogP) is 1.66. The second-order valence-electron chi connectivity index (χ2n) is 3.79. The van der Waals surface area contributed by atoms with Crippen LogP contribution in [-0.2, 0) is 4.74 Å². The average Bonchev–Trinajstić information content (AvgIpc) is 2.44. The molecule has 1 aliphatic heterocycles. The Hall–Kier alpha value is -1.00.